The molecule has 3 unspecified atom stereocenters. The van der Waals surface area contributed by atoms with Gasteiger partial charge in [0.2, 0.25) is 0 Å². The number of guanidine groups is 1. The Morgan fingerprint density at radius 3 is 2.11 bits per heavy atom. The van der Waals surface area contributed by atoms with Crippen molar-refractivity contribution in [3.05, 3.63) is 0 Å². The van der Waals surface area contributed by atoms with Gasteiger partial charge in [0.05, 0.1) is 12.6 Å². The van der Waals surface area contributed by atoms with Gasteiger partial charge in [0.25, 0.3) is 0 Å². The Labute approximate surface area is 182 Å². The second-order valence-corrected chi connectivity index (χ2v) is 11.6. The summed E-state index contributed by atoms with van der Waals surface area (Å²) >= 11 is 0. The highest BCUT2D eigenvalue weighted by Crippen LogP contribution is 2.70. The molecule has 4 heteroatoms. The molecule has 0 aromatic carbocycles. The molecule has 0 saturated heterocycles. The quantitative estimate of drug-likeness (QED) is 0.602. The number of nitrogens with two attached hydrogens (primary N) is 1. The predicted molar refractivity (Wildman–Crippen MR) is 121 cm³/mol. The first-order valence-electron chi connectivity index (χ1n) is 12.3. The molecule has 7 aliphatic rings. The van der Waals surface area contributed by atoms with Crippen LogP contribution in [0, 0.1) is 28.6 Å². The van der Waals surface area contributed by atoms with Crippen LogP contribution in [-0.4, -0.2) is 29.5 Å². The summed E-state index contributed by atoms with van der Waals surface area (Å²) < 4.78 is 0. The minimum Gasteiger partial charge on any atom is -0.370 e. The van der Waals surface area contributed by atoms with E-state index in [4.69, 9.17) is 10.7 Å². The van der Waals surface area contributed by atoms with Gasteiger partial charge in [-0.25, -0.2) is 0 Å². The molecule has 4 bridgehead atoms. The van der Waals surface area contributed by atoms with Crippen molar-refractivity contribution in [2.45, 2.75) is 108 Å². The van der Waals surface area contributed by atoms with Crippen LogP contribution in [0.3, 0.4) is 0 Å². The van der Waals surface area contributed by atoms with Gasteiger partial charge < -0.3 is 10.6 Å². The van der Waals surface area contributed by atoms with E-state index in [2.05, 4.69) is 4.90 Å². The van der Waals surface area contributed by atoms with E-state index in [0.29, 0.717) is 22.9 Å². The number of aliphatic imine (C=N–C) groups is 1. The van der Waals surface area contributed by atoms with Crippen molar-refractivity contribution >= 4 is 22.9 Å². The van der Waals surface area contributed by atoms with E-state index < -0.39 is 0 Å². The maximum Gasteiger partial charge on any atom is 0.191 e. The molecule has 0 aromatic rings. The number of halogens is 1. The van der Waals surface area contributed by atoms with Gasteiger partial charge in [-0.3, -0.25) is 4.99 Å². The second-order valence-electron chi connectivity index (χ2n) is 11.6. The zero-order valence-corrected chi connectivity index (χ0v) is 19.3. The minimum atomic E-state index is 0. The van der Waals surface area contributed by atoms with Gasteiger partial charge in [0.15, 0.2) is 5.96 Å². The lowest BCUT2D eigenvalue weighted by atomic mass is 9.40. The van der Waals surface area contributed by atoms with Crippen LogP contribution in [0.4, 0.5) is 0 Å². The average Bonchev–Trinajstić information content (AvgIpc) is 3.32. The highest BCUT2D eigenvalue weighted by molar-refractivity contribution is 8.93. The Bertz CT molecular complexity index is 605. The van der Waals surface area contributed by atoms with Crippen LogP contribution in [0.2, 0.25) is 0 Å². The Kier molecular flexibility index (Phi) is 5.04. The molecule has 7 rings (SSSR count). The third kappa shape index (κ3) is 2.90. The van der Waals surface area contributed by atoms with Crippen LogP contribution in [0.25, 0.3) is 0 Å². The molecule has 6 aliphatic carbocycles. The molecule has 0 radical (unpaired) electrons. The lowest BCUT2D eigenvalue weighted by Crippen LogP contribution is -2.63. The summed E-state index contributed by atoms with van der Waals surface area (Å²) in [5, 5.41) is 0. The van der Waals surface area contributed by atoms with Crippen molar-refractivity contribution in [3.8, 4) is 0 Å². The van der Waals surface area contributed by atoms with Crippen molar-refractivity contribution in [2.24, 2.45) is 39.3 Å². The SMILES string of the molecule is Br.NC1=NCC(C23CC4CC(CC(C5CCCC5)(C4)C2)C3)N1C1CCCCC1. The van der Waals surface area contributed by atoms with Gasteiger partial charge in [-0.05, 0) is 92.8 Å². The molecule has 3 atom stereocenters. The fourth-order valence-electron chi connectivity index (χ4n) is 9.61. The molecule has 0 spiro atoms. The molecule has 3 nitrogen and oxygen atoms in total. The smallest absolute Gasteiger partial charge is 0.191 e. The maximum absolute atomic E-state index is 6.55. The normalized spacial score (nSPS) is 46.1. The van der Waals surface area contributed by atoms with E-state index in [9.17, 15) is 0 Å². The van der Waals surface area contributed by atoms with Crippen molar-refractivity contribution in [3.63, 3.8) is 0 Å². The summed E-state index contributed by atoms with van der Waals surface area (Å²) in [6, 6.07) is 1.32. The molecule has 2 N–H and O–H groups in total. The summed E-state index contributed by atoms with van der Waals surface area (Å²) in [7, 11) is 0. The van der Waals surface area contributed by atoms with Gasteiger partial charge in [-0.1, -0.05) is 32.1 Å². The van der Waals surface area contributed by atoms with E-state index in [1.54, 1.807) is 19.3 Å². The van der Waals surface area contributed by atoms with Crippen molar-refractivity contribution in [2.75, 3.05) is 6.54 Å². The lowest BCUT2D eigenvalue weighted by molar-refractivity contribution is -0.158. The van der Waals surface area contributed by atoms with Crippen LogP contribution in [0.1, 0.15) is 96.3 Å². The highest BCUT2D eigenvalue weighted by atomic mass is 79.9. The van der Waals surface area contributed by atoms with Crippen LogP contribution < -0.4 is 5.73 Å². The van der Waals surface area contributed by atoms with Crippen molar-refractivity contribution < 1.29 is 0 Å². The monoisotopic (exact) mass is 449 g/mol. The predicted octanol–water partition coefficient (Wildman–Crippen LogP) is 5.67. The average molecular weight is 451 g/mol. The molecular weight excluding hydrogens is 410 g/mol. The van der Waals surface area contributed by atoms with Crippen LogP contribution in [-0.2, 0) is 0 Å². The summed E-state index contributed by atoms with van der Waals surface area (Å²) in [5.74, 6) is 3.98. The second kappa shape index (κ2) is 7.17. The van der Waals surface area contributed by atoms with Crippen LogP contribution >= 0.6 is 17.0 Å². The molecule has 1 heterocycles. The summed E-state index contributed by atoms with van der Waals surface area (Å²) in [6.45, 7) is 1.00. The fourth-order valence-corrected chi connectivity index (χ4v) is 9.61. The number of nitrogens with zero attached hydrogens (tertiary/aromatic N) is 2. The topological polar surface area (TPSA) is 41.6 Å². The van der Waals surface area contributed by atoms with E-state index in [1.165, 1.54) is 77.0 Å². The molecular formula is C24H40BrN3. The molecule has 0 amide bonds. The van der Waals surface area contributed by atoms with Crippen molar-refractivity contribution in [1.29, 1.82) is 0 Å². The first-order valence-corrected chi connectivity index (χ1v) is 12.3. The minimum absolute atomic E-state index is 0. The zero-order chi connectivity index (χ0) is 18.1. The van der Waals surface area contributed by atoms with Gasteiger partial charge in [-0.15, -0.1) is 17.0 Å². The first kappa shape index (κ1) is 19.7. The number of hydrogen-bond donors (Lipinski definition) is 1. The molecule has 1 aliphatic heterocycles. The van der Waals surface area contributed by atoms with Gasteiger partial charge in [0, 0.05) is 6.04 Å². The third-order valence-electron chi connectivity index (χ3n) is 10.1. The summed E-state index contributed by atoms with van der Waals surface area (Å²) in [5.41, 5.74) is 7.79. The first-order chi connectivity index (χ1) is 13.2. The van der Waals surface area contributed by atoms with Crippen LogP contribution in [0.15, 0.2) is 4.99 Å². The highest BCUT2D eigenvalue weighted by Gasteiger charge is 2.63. The summed E-state index contributed by atoms with van der Waals surface area (Å²) in [4.78, 5) is 7.56. The Balaban J connectivity index is 0.00000171. The van der Waals surface area contributed by atoms with Crippen molar-refractivity contribution in [1.82, 2.24) is 4.90 Å². The number of rotatable bonds is 3. The third-order valence-corrected chi connectivity index (χ3v) is 10.1. The Morgan fingerprint density at radius 2 is 1.43 bits per heavy atom. The molecule has 6 fully saturated rings. The maximum atomic E-state index is 6.55. The van der Waals surface area contributed by atoms with E-state index in [1.807, 2.05) is 0 Å². The van der Waals surface area contributed by atoms with Crippen LogP contribution in [0.5, 0.6) is 0 Å². The zero-order valence-electron chi connectivity index (χ0n) is 17.6. The summed E-state index contributed by atoms with van der Waals surface area (Å²) in [6.07, 6.45) is 22.2. The molecule has 158 valence electrons. The molecule has 6 saturated carbocycles. The van der Waals surface area contributed by atoms with Gasteiger partial charge in [-0.2, -0.15) is 0 Å². The van der Waals surface area contributed by atoms with Gasteiger partial charge in [0.1, 0.15) is 0 Å². The Hall–Kier alpha value is -0.250. The van der Waals surface area contributed by atoms with Gasteiger partial charge >= 0.3 is 0 Å². The van der Waals surface area contributed by atoms with E-state index in [0.717, 1.165) is 30.3 Å². The fraction of sp³-hybridized carbons (Fsp3) is 0.958. The standard InChI is InChI=1S/C24H39N3.BrH/c25-22-26-15-21(27(22)20-8-2-1-3-9-20)24-13-17-10-18(14-24)12-23(11-17,16-24)19-6-4-5-7-19;/h17-21H,1-16H2,(H2,25,26);1H. The van der Waals surface area contributed by atoms with E-state index >= 15 is 0 Å². The molecule has 0 aromatic heterocycles. The lowest BCUT2D eigenvalue weighted by Gasteiger charge is -2.66. The molecule has 28 heavy (non-hydrogen) atoms. The largest absolute Gasteiger partial charge is 0.370 e. The number of hydrogen-bond acceptors (Lipinski definition) is 3. The van der Waals surface area contributed by atoms with E-state index in [-0.39, 0.29) is 17.0 Å². The Morgan fingerprint density at radius 1 is 0.821 bits per heavy atom.